The molecule has 7 heteroatoms. The highest BCUT2D eigenvalue weighted by Gasteiger charge is 2.31. The van der Waals surface area contributed by atoms with E-state index in [4.69, 9.17) is 9.47 Å². The Bertz CT molecular complexity index is 590. The molecule has 0 heterocycles. The summed E-state index contributed by atoms with van der Waals surface area (Å²) in [6.07, 6.45) is 0.689. The maximum atomic E-state index is 12.4. The monoisotopic (exact) mass is 576 g/mol. The van der Waals surface area contributed by atoms with E-state index < -0.39 is 5.41 Å². The van der Waals surface area contributed by atoms with Gasteiger partial charge in [-0.05, 0) is 105 Å². The van der Waals surface area contributed by atoms with Crippen molar-refractivity contribution in [2.24, 2.45) is 5.41 Å². The Morgan fingerprint density at radius 3 is 1.61 bits per heavy atom. The van der Waals surface area contributed by atoms with E-state index in [2.05, 4.69) is 63.7 Å². The van der Waals surface area contributed by atoms with Crippen molar-refractivity contribution >= 4 is 69.7 Å². The first-order chi connectivity index (χ1) is 10.3. The third-order valence-electron chi connectivity index (χ3n) is 3.22. The lowest BCUT2D eigenvalue weighted by atomic mass is 9.91. The molecule has 0 N–H and O–H groups in total. The number of ether oxygens (including phenoxy) is 2. The highest BCUT2D eigenvalue weighted by molar-refractivity contribution is 9.14. The van der Waals surface area contributed by atoms with Gasteiger partial charge in [-0.25, -0.2) is 0 Å². The minimum absolute atomic E-state index is 0.287. The van der Waals surface area contributed by atoms with Crippen molar-refractivity contribution < 1.29 is 14.3 Å². The molecule has 0 aromatic heterocycles. The summed E-state index contributed by atoms with van der Waals surface area (Å²) >= 11 is 14.0. The molecule has 0 aliphatic heterocycles. The molecule has 0 spiro atoms. The Morgan fingerprint density at radius 1 is 0.870 bits per heavy atom. The maximum Gasteiger partial charge on any atom is 0.316 e. The van der Waals surface area contributed by atoms with Gasteiger partial charge in [-0.3, -0.25) is 4.79 Å². The molecule has 130 valence electrons. The number of halogens is 4. The molecule has 3 nitrogen and oxygen atoms in total. The Labute approximate surface area is 171 Å². The largest absolute Gasteiger partial charge is 0.486 e. The molecule has 0 saturated carbocycles. The normalized spacial score (nSPS) is 12.3. The van der Waals surface area contributed by atoms with Crippen molar-refractivity contribution in [1.82, 2.24) is 0 Å². The van der Waals surface area contributed by atoms with Crippen LogP contribution in [0, 0.1) is 5.41 Å². The summed E-state index contributed by atoms with van der Waals surface area (Å²) in [6.45, 7) is 11.6. The first-order valence-corrected chi connectivity index (χ1v) is 10.3. The first kappa shape index (κ1) is 21.5. The smallest absolute Gasteiger partial charge is 0.316 e. The zero-order valence-corrected chi connectivity index (χ0v) is 20.3. The molecule has 0 radical (unpaired) electrons. The van der Waals surface area contributed by atoms with Crippen LogP contribution >= 0.6 is 63.7 Å². The molecule has 0 amide bonds. The molecular weight excluding hydrogens is 560 g/mol. The lowest BCUT2D eigenvalue weighted by molar-refractivity contribution is -0.144. The lowest BCUT2D eigenvalue weighted by Gasteiger charge is -2.26. The van der Waals surface area contributed by atoms with E-state index in [1.807, 2.05) is 41.5 Å². The van der Waals surface area contributed by atoms with E-state index in [9.17, 15) is 4.79 Å². The highest BCUT2D eigenvalue weighted by Crippen LogP contribution is 2.51. The molecule has 1 aromatic rings. The number of hydrogen-bond donors (Lipinski definition) is 0. The van der Waals surface area contributed by atoms with Crippen molar-refractivity contribution in [3.63, 3.8) is 0 Å². The zero-order chi connectivity index (χ0) is 18.2. The Balaban J connectivity index is 3.36. The first-order valence-electron chi connectivity index (χ1n) is 7.09. The standard InChI is InChI=1S/C16H20Br4O3/c1-7-16(5,6)14(21)22-12-8(17)10(19)13(11(20)9(12)18)23-15(2,3)4/h7H2,1-6H3. The highest BCUT2D eigenvalue weighted by atomic mass is 79.9. The SMILES string of the molecule is CCC(C)(C)C(=O)Oc1c(Br)c(Br)c(OC(C)(C)C)c(Br)c1Br. The number of benzene rings is 1. The van der Waals surface area contributed by atoms with Crippen LogP contribution in [0.2, 0.25) is 0 Å². The summed E-state index contributed by atoms with van der Waals surface area (Å²) in [5, 5.41) is 0. The Kier molecular flexibility index (Phi) is 7.23. The van der Waals surface area contributed by atoms with Crippen LogP contribution in [-0.4, -0.2) is 11.6 Å². The molecule has 0 unspecified atom stereocenters. The second kappa shape index (κ2) is 7.75. The van der Waals surface area contributed by atoms with Gasteiger partial charge in [-0.1, -0.05) is 6.92 Å². The van der Waals surface area contributed by atoms with Crippen LogP contribution in [0.25, 0.3) is 0 Å². The molecule has 0 aliphatic rings. The third-order valence-corrected chi connectivity index (χ3v) is 7.31. The molecule has 0 bridgehead atoms. The number of carbonyl (C=O) groups excluding carboxylic acids is 1. The van der Waals surface area contributed by atoms with Crippen LogP contribution in [0.5, 0.6) is 11.5 Å². The predicted octanol–water partition coefficient (Wildman–Crippen LogP) is 7.26. The van der Waals surface area contributed by atoms with Crippen molar-refractivity contribution in [3.8, 4) is 11.5 Å². The molecule has 0 fully saturated rings. The summed E-state index contributed by atoms with van der Waals surface area (Å²) in [5.41, 5.74) is -0.926. The number of carbonyl (C=O) groups is 1. The Morgan fingerprint density at radius 2 is 1.26 bits per heavy atom. The predicted molar refractivity (Wildman–Crippen MR) is 107 cm³/mol. The second-order valence-electron chi connectivity index (χ2n) is 6.76. The minimum atomic E-state index is -0.557. The van der Waals surface area contributed by atoms with Crippen LogP contribution in [0.1, 0.15) is 48.0 Å². The van der Waals surface area contributed by atoms with E-state index in [0.717, 1.165) is 0 Å². The van der Waals surface area contributed by atoms with E-state index in [1.54, 1.807) is 0 Å². The number of esters is 1. The van der Waals surface area contributed by atoms with Crippen molar-refractivity contribution in [3.05, 3.63) is 17.9 Å². The van der Waals surface area contributed by atoms with Crippen LogP contribution in [0.4, 0.5) is 0 Å². The van der Waals surface area contributed by atoms with E-state index in [-0.39, 0.29) is 11.6 Å². The molecule has 23 heavy (non-hydrogen) atoms. The molecule has 0 saturated heterocycles. The third kappa shape index (κ3) is 5.19. The zero-order valence-electron chi connectivity index (χ0n) is 13.9. The van der Waals surface area contributed by atoms with Gasteiger partial charge in [0.1, 0.15) is 5.60 Å². The van der Waals surface area contributed by atoms with Gasteiger partial charge in [0.2, 0.25) is 0 Å². The van der Waals surface area contributed by atoms with Crippen LogP contribution in [0.15, 0.2) is 17.9 Å². The van der Waals surface area contributed by atoms with Gasteiger partial charge in [-0.2, -0.15) is 0 Å². The molecule has 1 aromatic carbocycles. The molecule has 1 rings (SSSR count). The molecular formula is C16H20Br4O3. The summed E-state index contributed by atoms with van der Waals surface area (Å²) in [5.74, 6) is 0.757. The lowest BCUT2D eigenvalue weighted by Crippen LogP contribution is -2.28. The number of rotatable bonds is 4. The molecule has 0 aliphatic carbocycles. The van der Waals surface area contributed by atoms with Crippen molar-refractivity contribution in [2.45, 2.75) is 53.6 Å². The van der Waals surface area contributed by atoms with E-state index in [0.29, 0.717) is 35.8 Å². The van der Waals surface area contributed by atoms with Gasteiger partial charge in [-0.15, -0.1) is 0 Å². The van der Waals surface area contributed by atoms with Crippen LogP contribution in [-0.2, 0) is 4.79 Å². The van der Waals surface area contributed by atoms with Gasteiger partial charge in [0.15, 0.2) is 11.5 Å². The summed E-state index contributed by atoms with van der Waals surface area (Å²) in [7, 11) is 0. The van der Waals surface area contributed by atoms with Gasteiger partial charge in [0.05, 0.1) is 23.3 Å². The van der Waals surface area contributed by atoms with Gasteiger partial charge in [0, 0.05) is 0 Å². The average Bonchev–Trinajstić information content (AvgIpc) is 2.44. The van der Waals surface area contributed by atoms with Gasteiger partial charge < -0.3 is 9.47 Å². The van der Waals surface area contributed by atoms with E-state index in [1.165, 1.54) is 0 Å². The van der Waals surface area contributed by atoms with Gasteiger partial charge >= 0.3 is 5.97 Å². The fraction of sp³-hybridized carbons (Fsp3) is 0.562. The fourth-order valence-corrected chi connectivity index (χ4v) is 3.82. The number of hydrogen-bond acceptors (Lipinski definition) is 3. The van der Waals surface area contributed by atoms with E-state index >= 15 is 0 Å². The average molecular weight is 580 g/mol. The van der Waals surface area contributed by atoms with Crippen molar-refractivity contribution in [2.75, 3.05) is 0 Å². The van der Waals surface area contributed by atoms with Gasteiger partial charge in [0.25, 0.3) is 0 Å². The summed E-state index contributed by atoms with van der Waals surface area (Å²) in [4.78, 5) is 12.4. The second-order valence-corrected chi connectivity index (χ2v) is 9.93. The Hall–Kier alpha value is 0.410. The van der Waals surface area contributed by atoms with Crippen LogP contribution in [0.3, 0.4) is 0 Å². The van der Waals surface area contributed by atoms with Crippen molar-refractivity contribution in [1.29, 1.82) is 0 Å². The topological polar surface area (TPSA) is 35.5 Å². The quantitative estimate of drug-likeness (QED) is 0.214. The summed E-state index contributed by atoms with van der Waals surface area (Å²) in [6, 6.07) is 0. The molecule has 0 atom stereocenters. The maximum absolute atomic E-state index is 12.4. The fourth-order valence-electron chi connectivity index (χ4n) is 1.45. The minimum Gasteiger partial charge on any atom is -0.486 e. The van der Waals surface area contributed by atoms with Crippen LogP contribution < -0.4 is 9.47 Å². The summed E-state index contributed by atoms with van der Waals surface area (Å²) < 4.78 is 14.2.